The summed E-state index contributed by atoms with van der Waals surface area (Å²) in [6.45, 7) is 7.13. The first kappa shape index (κ1) is 24.0. The van der Waals surface area contributed by atoms with Crippen molar-refractivity contribution in [2.45, 2.75) is 77.4 Å². The number of aromatic nitrogens is 4. The fourth-order valence-electron chi connectivity index (χ4n) is 4.39. The zero-order chi connectivity index (χ0) is 23.2. The highest BCUT2D eigenvalue weighted by atomic mass is 32.2. The maximum Gasteiger partial charge on any atom is 0.236 e. The van der Waals surface area contributed by atoms with Gasteiger partial charge in [0.1, 0.15) is 5.82 Å². The number of anilines is 1. The van der Waals surface area contributed by atoms with Gasteiger partial charge in [0.15, 0.2) is 10.3 Å². The van der Waals surface area contributed by atoms with Gasteiger partial charge < -0.3 is 9.88 Å². The fraction of sp³-hybridized carbons (Fsp3) is 0.520. The van der Waals surface area contributed by atoms with Crippen molar-refractivity contribution in [2.75, 3.05) is 11.1 Å². The molecule has 0 unspecified atom stereocenters. The normalized spacial score (nSPS) is 14.5. The van der Waals surface area contributed by atoms with Crippen LogP contribution in [0.25, 0.3) is 11.3 Å². The third-order valence-corrected chi connectivity index (χ3v) is 8.22. The van der Waals surface area contributed by atoms with Gasteiger partial charge in [-0.05, 0) is 50.3 Å². The van der Waals surface area contributed by atoms with Crippen LogP contribution >= 0.6 is 23.1 Å². The number of nitrogens with one attached hydrogen (secondary N) is 1. The number of thioether (sulfide) groups is 1. The molecule has 1 aliphatic rings. The van der Waals surface area contributed by atoms with E-state index in [2.05, 4.69) is 64.0 Å². The number of amides is 1. The van der Waals surface area contributed by atoms with E-state index in [1.54, 1.807) is 0 Å². The highest BCUT2D eigenvalue weighted by Crippen LogP contribution is 2.29. The lowest BCUT2D eigenvalue weighted by Gasteiger charge is -2.21. The van der Waals surface area contributed by atoms with E-state index >= 15 is 0 Å². The van der Waals surface area contributed by atoms with Crippen molar-refractivity contribution in [3.05, 3.63) is 40.5 Å². The van der Waals surface area contributed by atoms with E-state index in [0.29, 0.717) is 10.9 Å². The molecule has 0 atom stereocenters. The second-order valence-corrected chi connectivity index (χ2v) is 10.7. The minimum absolute atomic E-state index is 0.0737. The van der Waals surface area contributed by atoms with Crippen LogP contribution in [0.15, 0.2) is 28.7 Å². The average molecular weight is 484 g/mol. The van der Waals surface area contributed by atoms with Gasteiger partial charge in [-0.3, -0.25) is 4.79 Å². The van der Waals surface area contributed by atoms with Gasteiger partial charge in [-0.2, -0.15) is 0 Å². The molecule has 33 heavy (non-hydrogen) atoms. The number of carbonyl (C=O) groups excluding carboxylic acids is 1. The van der Waals surface area contributed by atoms with E-state index in [4.69, 9.17) is 0 Å². The fourth-order valence-corrected chi connectivity index (χ4v) is 5.94. The molecule has 8 heteroatoms. The van der Waals surface area contributed by atoms with Crippen LogP contribution in [0.3, 0.4) is 0 Å². The van der Waals surface area contributed by atoms with Crippen LogP contribution in [0.4, 0.5) is 5.13 Å². The van der Waals surface area contributed by atoms with E-state index < -0.39 is 0 Å². The summed E-state index contributed by atoms with van der Waals surface area (Å²) in [5.41, 5.74) is 4.46. The molecule has 0 aliphatic heterocycles. The van der Waals surface area contributed by atoms with E-state index in [1.165, 1.54) is 72.8 Å². The number of rotatable bonds is 9. The van der Waals surface area contributed by atoms with Crippen LogP contribution in [0.1, 0.15) is 62.4 Å². The highest BCUT2D eigenvalue weighted by Gasteiger charge is 2.18. The quantitative estimate of drug-likeness (QED) is 0.363. The first-order chi connectivity index (χ1) is 16.0. The van der Waals surface area contributed by atoms with Gasteiger partial charge in [0.25, 0.3) is 0 Å². The SMILES string of the molecule is CCn1c(CCC2CCCCC2)nnc1SCC(=O)Nc1nc(-c2ccc(C)c(C)c2)cs1. The lowest BCUT2D eigenvalue weighted by molar-refractivity contribution is -0.113. The van der Waals surface area contributed by atoms with Gasteiger partial charge in [0, 0.05) is 23.9 Å². The van der Waals surface area contributed by atoms with Crippen molar-refractivity contribution in [2.24, 2.45) is 5.92 Å². The molecule has 1 aromatic carbocycles. The summed E-state index contributed by atoms with van der Waals surface area (Å²) in [5.74, 6) is 2.09. The van der Waals surface area contributed by atoms with E-state index in [-0.39, 0.29) is 5.91 Å². The zero-order valence-electron chi connectivity index (χ0n) is 19.8. The largest absolute Gasteiger partial charge is 0.306 e. The summed E-state index contributed by atoms with van der Waals surface area (Å²) < 4.78 is 2.15. The average Bonchev–Trinajstić information content (AvgIpc) is 3.45. The van der Waals surface area contributed by atoms with E-state index in [9.17, 15) is 4.79 Å². The first-order valence-electron chi connectivity index (χ1n) is 11.9. The Morgan fingerprint density at radius 3 is 2.76 bits per heavy atom. The maximum absolute atomic E-state index is 12.5. The molecular weight excluding hydrogens is 450 g/mol. The summed E-state index contributed by atoms with van der Waals surface area (Å²) >= 11 is 2.89. The predicted molar refractivity (Wildman–Crippen MR) is 137 cm³/mol. The van der Waals surface area contributed by atoms with Crippen LogP contribution in [0.5, 0.6) is 0 Å². The van der Waals surface area contributed by atoms with Gasteiger partial charge >= 0.3 is 0 Å². The molecular formula is C25H33N5OS2. The van der Waals surface area contributed by atoms with Crippen molar-refractivity contribution in [3.8, 4) is 11.3 Å². The smallest absolute Gasteiger partial charge is 0.236 e. The van der Waals surface area contributed by atoms with Gasteiger partial charge in [-0.1, -0.05) is 56.0 Å². The van der Waals surface area contributed by atoms with Crippen molar-refractivity contribution >= 4 is 34.1 Å². The maximum atomic E-state index is 12.5. The van der Waals surface area contributed by atoms with E-state index in [0.717, 1.165) is 41.1 Å². The van der Waals surface area contributed by atoms with Gasteiger partial charge in [-0.15, -0.1) is 21.5 Å². The highest BCUT2D eigenvalue weighted by molar-refractivity contribution is 7.99. The second kappa shape index (κ2) is 11.3. The standard InChI is InChI=1S/C25H33N5OS2/c1-4-30-22(13-11-19-8-6-5-7-9-19)28-29-25(30)33-16-23(31)27-24-26-21(15-32-24)20-12-10-17(2)18(3)14-20/h10,12,14-15,19H,4-9,11,13,16H2,1-3H3,(H,26,27,31). The third kappa shape index (κ3) is 6.23. The Morgan fingerprint density at radius 2 is 2.00 bits per heavy atom. The molecule has 1 amide bonds. The number of hydrogen-bond donors (Lipinski definition) is 1. The number of aryl methyl sites for hydroxylation is 3. The molecule has 1 aliphatic carbocycles. The predicted octanol–water partition coefficient (Wildman–Crippen LogP) is 6.28. The van der Waals surface area contributed by atoms with Crippen LogP contribution in [0, 0.1) is 19.8 Å². The van der Waals surface area contributed by atoms with Crippen LogP contribution < -0.4 is 5.32 Å². The molecule has 2 heterocycles. The lowest BCUT2D eigenvalue weighted by Crippen LogP contribution is -2.14. The molecule has 0 spiro atoms. The number of carbonyl (C=O) groups is 1. The molecule has 0 radical (unpaired) electrons. The molecule has 1 N–H and O–H groups in total. The number of benzene rings is 1. The Morgan fingerprint density at radius 1 is 1.18 bits per heavy atom. The monoisotopic (exact) mass is 483 g/mol. The van der Waals surface area contributed by atoms with Crippen molar-refractivity contribution in [3.63, 3.8) is 0 Å². The van der Waals surface area contributed by atoms with Gasteiger partial charge in [0.2, 0.25) is 5.91 Å². The Kier molecular flexibility index (Phi) is 8.20. The van der Waals surface area contributed by atoms with Crippen LogP contribution in [-0.2, 0) is 17.8 Å². The molecule has 0 saturated heterocycles. The van der Waals surface area contributed by atoms with Crippen molar-refractivity contribution in [1.29, 1.82) is 0 Å². The molecule has 4 rings (SSSR count). The topological polar surface area (TPSA) is 72.7 Å². The summed E-state index contributed by atoms with van der Waals surface area (Å²) in [6.07, 6.45) is 8.99. The van der Waals surface area contributed by atoms with Crippen LogP contribution in [-0.4, -0.2) is 31.4 Å². The second-order valence-electron chi connectivity index (χ2n) is 8.86. The minimum atomic E-state index is -0.0737. The molecule has 1 fully saturated rings. The molecule has 3 aromatic rings. The summed E-state index contributed by atoms with van der Waals surface area (Å²) in [7, 11) is 0. The molecule has 0 bridgehead atoms. The number of nitrogens with zero attached hydrogens (tertiary/aromatic N) is 4. The Hall–Kier alpha value is -2.19. The van der Waals surface area contributed by atoms with Crippen LogP contribution in [0.2, 0.25) is 0 Å². The zero-order valence-corrected chi connectivity index (χ0v) is 21.4. The molecule has 176 valence electrons. The van der Waals surface area contributed by atoms with Crippen molar-refractivity contribution < 1.29 is 4.79 Å². The minimum Gasteiger partial charge on any atom is -0.306 e. The third-order valence-electron chi connectivity index (χ3n) is 6.50. The number of hydrogen-bond acceptors (Lipinski definition) is 6. The van der Waals surface area contributed by atoms with Gasteiger partial charge in [0.05, 0.1) is 11.4 Å². The lowest BCUT2D eigenvalue weighted by atomic mass is 9.86. The molecule has 6 nitrogen and oxygen atoms in total. The Labute approximate surface area is 204 Å². The Balaban J connectivity index is 1.30. The molecule has 1 saturated carbocycles. The van der Waals surface area contributed by atoms with E-state index in [1.807, 2.05) is 5.38 Å². The summed E-state index contributed by atoms with van der Waals surface area (Å²) in [5, 5.41) is 15.2. The molecule has 2 aromatic heterocycles. The van der Waals surface area contributed by atoms with Gasteiger partial charge in [-0.25, -0.2) is 4.98 Å². The Bertz CT molecular complexity index is 1080. The first-order valence-corrected chi connectivity index (χ1v) is 13.8. The number of thiazole rings is 1. The van der Waals surface area contributed by atoms with Crippen molar-refractivity contribution in [1.82, 2.24) is 19.7 Å². The summed E-state index contributed by atoms with van der Waals surface area (Å²) in [6, 6.07) is 6.31. The summed E-state index contributed by atoms with van der Waals surface area (Å²) in [4.78, 5) is 17.1.